The topological polar surface area (TPSA) is 58.6 Å². The largest absolute Gasteiger partial charge is 0.491 e. The number of amides is 1. The van der Waals surface area contributed by atoms with Crippen molar-refractivity contribution in [2.75, 3.05) is 11.9 Å². The van der Waals surface area contributed by atoms with Gasteiger partial charge in [0.05, 0.1) is 11.1 Å². The van der Waals surface area contributed by atoms with Gasteiger partial charge in [-0.25, -0.2) is 4.39 Å². The zero-order valence-corrected chi connectivity index (χ0v) is 12.7. The second kappa shape index (κ2) is 6.49. The Bertz CT molecular complexity index is 826. The molecule has 4 nitrogen and oxygen atoms in total. The monoisotopic (exact) mass is 353 g/mol. The second-order valence-corrected chi connectivity index (χ2v) is 5.51. The van der Waals surface area contributed by atoms with Crippen molar-refractivity contribution in [3.8, 4) is 0 Å². The molecular weight excluding hydrogens is 341 g/mol. The van der Waals surface area contributed by atoms with E-state index >= 15 is 0 Å². The lowest BCUT2D eigenvalue weighted by atomic mass is 9.73. The predicted octanol–water partition coefficient (Wildman–Crippen LogP) is 2.36. The van der Waals surface area contributed by atoms with E-state index in [4.69, 9.17) is 4.65 Å². The third kappa shape index (κ3) is 3.52. The van der Waals surface area contributed by atoms with Gasteiger partial charge in [0.2, 0.25) is 0 Å². The quantitative estimate of drug-likeness (QED) is 0.644. The van der Waals surface area contributed by atoms with Crippen molar-refractivity contribution in [1.29, 1.82) is 0 Å². The molecule has 0 aliphatic carbocycles. The Hall–Kier alpha value is -2.39. The third-order valence-electron chi connectivity index (χ3n) is 3.87. The number of anilines is 1. The Morgan fingerprint density at radius 1 is 1.24 bits per heavy atom. The molecule has 0 bridgehead atoms. The van der Waals surface area contributed by atoms with E-state index in [-0.39, 0.29) is 5.69 Å². The molecule has 3 rings (SSSR count). The van der Waals surface area contributed by atoms with Gasteiger partial charge >= 0.3 is 13.3 Å². The van der Waals surface area contributed by atoms with Gasteiger partial charge in [0, 0.05) is 12.3 Å². The van der Waals surface area contributed by atoms with E-state index in [1.165, 1.54) is 12.1 Å². The molecule has 0 fully saturated rings. The number of carbonyl (C=O) groups is 1. The summed E-state index contributed by atoms with van der Waals surface area (Å²) in [5.74, 6) is -2.65. The van der Waals surface area contributed by atoms with E-state index < -0.39 is 36.1 Å². The minimum Gasteiger partial charge on any atom is -0.423 e. The first-order chi connectivity index (χ1) is 11.8. The molecule has 25 heavy (non-hydrogen) atoms. The predicted molar refractivity (Wildman–Crippen MR) is 83.1 cm³/mol. The average molecular weight is 353 g/mol. The fraction of sp³-hybridized carbons (Fsp3) is 0.188. The van der Waals surface area contributed by atoms with E-state index in [9.17, 15) is 27.4 Å². The molecule has 1 amide bonds. The lowest BCUT2D eigenvalue weighted by molar-refractivity contribution is -0.140. The molecule has 1 aliphatic heterocycles. The Morgan fingerprint density at radius 2 is 2.00 bits per heavy atom. The highest BCUT2D eigenvalue weighted by Crippen LogP contribution is 2.32. The number of halogens is 4. The SMILES string of the molecule is O=C(Nc1ccc2c(c1)B(O)OCC2)c1cccc(C(F)(F)F)c1F. The summed E-state index contributed by atoms with van der Waals surface area (Å²) in [6, 6.07) is 7.14. The van der Waals surface area contributed by atoms with Crippen LogP contribution >= 0.6 is 0 Å². The average Bonchev–Trinajstić information content (AvgIpc) is 2.54. The number of hydrogen-bond donors (Lipinski definition) is 2. The number of nitrogens with one attached hydrogen (secondary N) is 1. The molecule has 2 N–H and O–H groups in total. The smallest absolute Gasteiger partial charge is 0.423 e. The zero-order chi connectivity index (χ0) is 18.2. The highest BCUT2D eigenvalue weighted by atomic mass is 19.4. The minimum atomic E-state index is -4.90. The second-order valence-electron chi connectivity index (χ2n) is 5.51. The van der Waals surface area contributed by atoms with Gasteiger partial charge in [0.1, 0.15) is 5.82 Å². The van der Waals surface area contributed by atoms with Crippen molar-refractivity contribution in [1.82, 2.24) is 0 Å². The van der Waals surface area contributed by atoms with Gasteiger partial charge in [-0.05, 0) is 41.7 Å². The number of fused-ring (bicyclic) bond motifs is 1. The first-order valence-corrected chi connectivity index (χ1v) is 7.37. The summed E-state index contributed by atoms with van der Waals surface area (Å²) in [6.45, 7) is 0.356. The Labute approximate surface area is 140 Å². The van der Waals surface area contributed by atoms with Crippen LogP contribution < -0.4 is 10.8 Å². The van der Waals surface area contributed by atoms with E-state index in [0.717, 1.165) is 17.7 Å². The number of benzene rings is 2. The van der Waals surface area contributed by atoms with Gasteiger partial charge in [0.25, 0.3) is 5.91 Å². The molecule has 1 aliphatic rings. The van der Waals surface area contributed by atoms with Crippen LogP contribution in [0.3, 0.4) is 0 Å². The summed E-state index contributed by atoms with van der Waals surface area (Å²) in [4.78, 5) is 12.2. The van der Waals surface area contributed by atoms with Gasteiger partial charge < -0.3 is 15.0 Å². The molecule has 0 saturated carbocycles. The van der Waals surface area contributed by atoms with Crippen LogP contribution in [0.5, 0.6) is 0 Å². The summed E-state index contributed by atoms with van der Waals surface area (Å²) in [7, 11) is -1.15. The fourth-order valence-corrected chi connectivity index (χ4v) is 2.63. The standard InChI is InChI=1S/C16H12BF4NO3/c18-14-11(2-1-3-12(14)16(19,20)21)15(23)22-10-5-4-9-6-7-25-17(24)13(9)8-10/h1-5,8,24H,6-7H2,(H,22,23). The van der Waals surface area contributed by atoms with Gasteiger partial charge in [0.15, 0.2) is 0 Å². The van der Waals surface area contributed by atoms with Gasteiger partial charge in [-0.3, -0.25) is 4.79 Å². The Kier molecular flexibility index (Phi) is 4.53. The molecule has 1 heterocycles. The third-order valence-corrected chi connectivity index (χ3v) is 3.87. The number of alkyl halides is 3. The maximum absolute atomic E-state index is 14.0. The van der Waals surface area contributed by atoms with Gasteiger partial charge in [-0.15, -0.1) is 0 Å². The molecule has 0 spiro atoms. The molecule has 2 aromatic carbocycles. The van der Waals surface area contributed by atoms with Crippen molar-refractivity contribution in [3.63, 3.8) is 0 Å². The summed E-state index contributed by atoms with van der Waals surface area (Å²) in [5.41, 5.74) is -0.723. The molecular formula is C16H12BF4NO3. The normalized spacial score (nSPS) is 14.2. The lowest BCUT2D eigenvalue weighted by Crippen LogP contribution is -2.41. The van der Waals surface area contributed by atoms with Crippen molar-refractivity contribution < 1.29 is 32.0 Å². The van der Waals surface area contributed by atoms with Crippen LogP contribution in [0, 0.1) is 5.82 Å². The van der Waals surface area contributed by atoms with Crippen LogP contribution in [-0.2, 0) is 17.3 Å². The van der Waals surface area contributed by atoms with Crippen LogP contribution in [0.15, 0.2) is 36.4 Å². The van der Waals surface area contributed by atoms with Crippen molar-refractivity contribution in [2.24, 2.45) is 0 Å². The van der Waals surface area contributed by atoms with E-state index in [1.54, 1.807) is 6.07 Å². The summed E-state index contributed by atoms with van der Waals surface area (Å²) >= 11 is 0. The minimum absolute atomic E-state index is 0.213. The fourth-order valence-electron chi connectivity index (χ4n) is 2.63. The summed E-state index contributed by atoms with van der Waals surface area (Å²) in [6.07, 6.45) is -4.31. The zero-order valence-electron chi connectivity index (χ0n) is 12.7. The molecule has 9 heteroatoms. The van der Waals surface area contributed by atoms with Crippen molar-refractivity contribution in [3.05, 3.63) is 58.9 Å². The maximum atomic E-state index is 14.0. The molecule has 0 saturated heterocycles. The van der Waals surface area contributed by atoms with E-state index in [1.807, 2.05) is 0 Å². The molecule has 0 unspecified atom stereocenters. The van der Waals surface area contributed by atoms with Crippen LogP contribution in [0.25, 0.3) is 0 Å². The highest BCUT2D eigenvalue weighted by Gasteiger charge is 2.35. The maximum Gasteiger partial charge on any atom is 0.491 e. The van der Waals surface area contributed by atoms with Crippen LogP contribution in [0.2, 0.25) is 0 Å². The highest BCUT2D eigenvalue weighted by molar-refractivity contribution is 6.61. The lowest BCUT2D eigenvalue weighted by Gasteiger charge is -2.20. The van der Waals surface area contributed by atoms with Crippen molar-refractivity contribution >= 4 is 24.2 Å². The van der Waals surface area contributed by atoms with E-state index in [2.05, 4.69) is 5.32 Å². The number of rotatable bonds is 2. The molecule has 130 valence electrons. The Balaban J connectivity index is 1.87. The van der Waals surface area contributed by atoms with Gasteiger partial charge in [-0.1, -0.05) is 12.1 Å². The molecule has 0 aromatic heterocycles. The van der Waals surface area contributed by atoms with Crippen LogP contribution in [0.1, 0.15) is 21.5 Å². The first-order valence-electron chi connectivity index (χ1n) is 7.37. The number of carbonyl (C=O) groups excluding carboxylic acids is 1. The van der Waals surface area contributed by atoms with Crippen molar-refractivity contribution in [2.45, 2.75) is 12.6 Å². The molecule has 0 atom stereocenters. The van der Waals surface area contributed by atoms with Gasteiger partial charge in [-0.2, -0.15) is 13.2 Å². The first kappa shape index (κ1) is 17.4. The molecule has 2 aromatic rings. The van der Waals surface area contributed by atoms with Crippen LogP contribution in [0.4, 0.5) is 23.2 Å². The van der Waals surface area contributed by atoms with Crippen LogP contribution in [-0.4, -0.2) is 24.7 Å². The summed E-state index contributed by atoms with van der Waals surface area (Å²) < 4.78 is 57.3. The summed E-state index contributed by atoms with van der Waals surface area (Å²) in [5, 5.41) is 12.1. The molecule has 0 radical (unpaired) electrons. The Morgan fingerprint density at radius 3 is 2.72 bits per heavy atom. The van der Waals surface area contributed by atoms with E-state index in [0.29, 0.717) is 24.6 Å². The number of hydrogen-bond acceptors (Lipinski definition) is 3.